The van der Waals surface area contributed by atoms with Crippen molar-refractivity contribution in [3.8, 4) is 11.3 Å². The summed E-state index contributed by atoms with van der Waals surface area (Å²) in [5.74, 6) is -3.12. The Morgan fingerprint density at radius 1 is 1.02 bits per heavy atom. The number of carbonyl (C=O) groups is 1. The second-order valence-corrected chi connectivity index (χ2v) is 11.8. The minimum absolute atomic E-state index is 0.0902. The Hall–Kier alpha value is -3.96. The highest BCUT2D eigenvalue weighted by atomic mass is 32.2. The average molecular weight is 567 g/mol. The van der Waals surface area contributed by atoms with Gasteiger partial charge >= 0.3 is 5.76 Å². The number of fused-ring (bicyclic) bond motifs is 1. The summed E-state index contributed by atoms with van der Waals surface area (Å²) in [5, 5.41) is 4.33. The Morgan fingerprint density at radius 2 is 1.77 bits per heavy atom. The van der Waals surface area contributed by atoms with Gasteiger partial charge in [0.1, 0.15) is 5.82 Å². The maximum atomic E-state index is 12.9. The number of benzene rings is 2. The largest absolute Gasteiger partial charge is 0.372 e. The second kappa shape index (κ2) is 11.3. The molecule has 8 nitrogen and oxygen atoms in total. The van der Waals surface area contributed by atoms with Gasteiger partial charge in [-0.05, 0) is 61.7 Å². The third-order valence-corrected chi connectivity index (χ3v) is 7.95. The number of hydrogen-bond donors (Lipinski definition) is 1. The molecule has 0 bridgehead atoms. The van der Waals surface area contributed by atoms with Gasteiger partial charge in [-0.2, -0.15) is 8.78 Å². The first-order valence-corrected chi connectivity index (χ1v) is 14.3. The fourth-order valence-electron chi connectivity index (χ4n) is 4.79. The van der Waals surface area contributed by atoms with Crippen molar-refractivity contribution < 1.29 is 26.7 Å². The number of nitrogens with zero attached hydrogens (tertiary/aromatic N) is 3. The molecule has 0 spiro atoms. The molecule has 0 saturated carbocycles. The number of ether oxygens (including phenoxy) is 1. The van der Waals surface area contributed by atoms with E-state index in [-0.39, 0.29) is 24.3 Å². The first-order chi connectivity index (χ1) is 19.1. The van der Waals surface area contributed by atoms with Crippen molar-refractivity contribution in [3.63, 3.8) is 0 Å². The predicted molar refractivity (Wildman–Crippen MR) is 149 cm³/mol. The van der Waals surface area contributed by atoms with Gasteiger partial charge in [-0.1, -0.05) is 24.3 Å². The number of sulfone groups is 1. The monoisotopic (exact) mass is 566 g/mol. The Bertz CT molecular complexity index is 1660. The number of pyridine rings is 2. The summed E-state index contributed by atoms with van der Waals surface area (Å²) in [6, 6.07) is 18.5. The van der Waals surface area contributed by atoms with Crippen LogP contribution in [0.15, 0.2) is 77.8 Å². The van der Waals surface area contributed by atoms with E-state index in [4.69, 9.17) is 9.72 Å². The molecule has 40 heavy (non-hydrogen) atoms. The highest BCUT2D eigenvalue weighted by Gasteiger charge is 2.27. The second-order valence-electron chi connectivity index (χ2n) is 9.84. The number of anilines is 2. The van der Waals surface area contributed by atoms with Gasteiger partial charge in [0.15, 0.2) is 0 Å². The molecule has 208 valence electrons. The molecule has 0 radical (unpaired) electrons. The van der Waals surface area contributed by atoms with Gasteiger partial charge in [-0.15, -0.1) is 0 Å². The lowest BCUT2D eigenvalue weighted by atomic mass is 10.0. The summed E-state index contributed by atoms with van der Waals surface area (Å²) in [5.41, 5.74) is 2.34. The van der Waals surface area contributed by atoms with E-state index in [1.165, 1.54) is 12.1 Å². The van der Waals surface area contributed by atoms with Gasteiger partial charge < -0.3 is 15.0 Å². The third-order valence-electron chi connectivity index (χ3n) is 6.57. The third kappa shape index (κ3) is 6.10. The van der Waals surface area contributed by atoms with Crippen LogP contribution in [0.5, 0.6) is 0 Å². The molecule has 1 fully saturated rings. The van der Waals surface area contributed by atoms with Crippen molar-refractivity contribution in [1.82, 2.24) is 9.97 Å². The van der Waals surface area contributed by atoms with E-state index in [1.807, 2.05) is 42.5 Å². The summed E-state index contributed by atoms with van der Waals surface area (Å²) in [7, 11) is -4.77. The van der Waals surface area contributed by atoms with Crippen molar-refractivity contribution in [2.75, 3.05) is 23.3 Å². The summed E-state index contributed by atoms with van der Waals surface area (Å²) in [6.45, 7) is 5.64. The van der Waals surface area contributed by atoms with Crippen molar-refractivity contribution >= 4 is 38.0 Å². The lowest BCUT2D eigenvalue weighted by Crippen LogP contribution is -2.45. The minimum Gasteiger partial charge on any atom is -0.372 e. The summed E-state index contributed by atoms with van der Waals surface area (Å²) >= 11 is 0. The molecule has 2 aromatic carbocycles. The molecule has 2 aromatic heterocycles. The van der Waals surface area contributed by atoms with E-state index >= 15 is 0 Å². The Labute approximate surface area is 230 Å². The number of carbonyl (C=O) groups excluding carboxylic acids is 1. The SMILES string of the molecule is C[C@@H]1CN(c2cccc(-c3ccc4cnc(CC(=O)Nc5cccc(S(=O)(=O)C(F)F)c5)cc4c3)n2)C[C@H](C)O1. The van der Waals surface area contributed by atoms with E-state index in [9.17, 15) is 22.0 Å². The Kier molecular flexibility index (Phi) is 7.77. The van der Waals surface area contributed by atoms with E-state index in [0.29, 0.717) is 5.69 Å². The number of halogens is 2. The molecule has 1 N–H and O–H groups in total. The molecule has 4 aromatic rings. The highest BCUT2D eigenvalue weighted by molar-refractivity contribution is 7.91. The zero-order valence-electron chi connectivity index (χ0n) is 21.9. The van der Waals surface area contributed by atoms with Gasteiger partial charge in [0, 0.05) is 35.9 Å². The number of nitrogens with one attached hydrogen (secondary N) is 1. The van der Waals surface area contributed by atoms with Crippen LogP contribution in [-0.2, 0) is 25.8 Å². The van der Waals surface area contributed by atoms with Crippen LogP contribution in [0, 0.1) is 0 Å². The van der Waals surface area contributed by atoms with Gasteiger partial charge in [0.25, 0.3) is 0 Å². The predicted octanol–water partition coefficient (Wildman–Crippen LogP) is 5.09. The summed E-state index contributed by atoms with van der Waals surface area (Å²) in [6.07, 6.45) is 1.82. The van der Waals surface area contributed by atoms with Crippen LogP contribution >= 0.6 is 0 Å². The molecule has 5 rings (SSSR count). The maximum Gasteiger partial charge on any atom is 0.341 e. The molecule has 0 aliphatic carbocycles. The Morgan fingerprint density at radius 3 is 2.52 bits per heavy atom. The number of rotatable bonds is 7. The quantitative estimate of drug-likeness (QED) is 0.333. The molecular formula is C29H28F2N4O4S. The van der Waals surface area contributed by atoms with Crippen molar-refractivity contribution in [1.29, 1.82) is 0 Å². The number of alkyl halides is 2. The van der Waals surface area contributed by atoms with Crippen LogP contribution in [0.3, 0.4) is 0 Å². The Balaban J connectivity index is 1.33. The molecule has 3 heterocycles. The van der Waals surface area contributed by atoms with E-state index in [1.54, 1.807) is 6.20 Å². The standard InChI is InChI=1S/C29H28F2N4O4S/c1-18-16-35(17-19(2)39-18)27-8-4-7-26(34-27)20-9-10-21-15-32-24(12-22(21)11-20)14-28(36)33-23-5-3-6-25(13-23)40(37,38)29(30)31/h3-13,15,18-19,29H,14,16-17H2,1-2H3,(H,33,36)/t18-,19+. The maximum absolute atomic E-state index is 12.9. The molecular weight excluding hydrogens is 538 g/mol. The van der Waals surface area contributed by atoms with Crippen LogP contribution in [-0.4, -0.2) is 55.3 Å². The molecule has 1 aliphatic rings. The van der Waals surface area contributed by atoms with Gasteiger partial charge in [-0.25, -0.2) is 13.4 Å². The number of amides is 1. The zero-order valence-corrected chi connectivity index (χ0v) is 22.7. The van der Waals surface area contributed by atoms with Gasteiger partial charge in [0.05, 0.1) is 34.9 Å². The smallest absolute Gasteiger partial charge is 0.341 e. The summed E-state index contributed by atoms with van der Waals surface area (Å²) in [4.78, 5) is 23.6. The van der Waals surface area contributed by atoms with Gasteiger partial charge in [0.2, 0.25) is 15.7 Å². The fraction of sp³-hybridized carbons (Fsp3) is 0.276. The van der Waals surface area contributed by atoms with Gasteiger partial charge in [-0.3, -0.25) is 9.78 Å². The van der Waals surface area contributed by atoms with Crippen LogP contribution in [0.4, 0.5) is 20.3 Å². The first-order valence-electron chi connectivity index (χ1n) is 12.8. The number of hydrogen-bond acceptors (Lipinski definition) is 7. The van der Waals surface area contributed by atoms with Crippen molar-refractivity contribution in [2.24, 2.45) is 0 Å². The number of morpholine rings is 1. The summed E-state index contributed by atoms with van der Waals surface area (Å²) < 4.78 is 55.1. The fourth-order valence-corrected chi connectivity index (χ4v) is 5.56. The molecule has 1 saturated heterocycles. The number of aromatic nitrogens is 2. The van der Waals surface area contributed by atoms with E-state index in [0.717, 1.165) is 53.1 Å². The topological polar surface area (TPSA) is 101 Å². The van der Waals surface area contributed by atoms with Crippen LogP contribution in [0.2, 0.25) is 0 Å². The molecule has 1 amide bonds. The molecule has 2 atom stereocenters. The van der Waals surface area contributed by atoms with E-state index < -0.39 is 26.4 Å². The lowest BCUT2D eigenvalue weighted by molar-refractivity contribution is -0.115. The average Bonchev–Trinajstić information content (AvgIpc) is 2.92. The first kappa shape index (κ1) is 27.6. The van der Waals surface area contributed by atoms with Crippen LogP contribution in [0.1, 0.15) is 19.5 Å². The van der Waals surface area contributed by atoms with E-state index in [2.05, 4.69) is 29.0 Å². The molecule has 1 aliphatic heterocycles. The van der Waals surface area contributed by atoms with Crippen LogP contribution in [0.25, 0.3) is 22.0 Å². The van der Waals surface area contributed by atoms with Crippen molar-refractivity contribution in [2.45, 2.75) is 43.1 Å². The molecule has 0 unspecified atom stereocenters. The molecule has 11 heteroatoms. The lowest BCUT2D eigenvalue weighted by Gasteiger charge is -2.36. The van der Waals surface area contributed by atoms with Crippen LogP contribution < -0.4 is 10.2 Å². The zero-order chi connectivity index (χ0) is 28.4. The normalized spacial score (nSPS) is 17.8. The van der Waals surface area contributed by atoms with Crippen molar-refractivity contribution in [3.05, 3.63) is 78.6 Å². The minimum atomic E-state index is -4.77. The highest BCUT2D eigenvalue weighted by Crippen LogP contribution is 2.27.